The van der Waals surface area contributed by atoms with E-state index in [1.54, 1.807) is 0 Å². The minimum atomic E-state index is 0.122. The maximum atomic E-state index is 6.25. The van der Waals surface area contributed by atoms with Gasteiger partial charge in [0.2, 0.25) is 0 Å². The zero-order valence-electron chi connectivity index (χ0n) is 13.1. The molecule has 1 aromatic rings. The molecule has 0 heterocycles. The average Bonchev–Trinajstić information content (AvgIpc) is 2.38. The Morgan fingerprint density at radius 1 is 1.16 bits per heavy atom. The van der Waals surface area contributed by atoms with Gasteiger partial charge in [-0.3, -0.25) is 0 Å². The molecule has 0 amide bonds. The first-order valence-corrected chi connectivity index (χ1v) is 7.27. The summed E-state index contributed by atoms with van der Waals surface area (Å²) >= 11 is 0. The van der Waals surface area contributed by atoms with Crippen LogP contribution in [0.3, 0.4) is 0 Å². The van der Waals surface area contributed by atoms with Crippen molar-refractivity contribution >= 4 is 5.69 Å². The van der Waals surface area contributed by atoms with Gasteiger partial charge in [-0.1, -0.05) is 25.1 Å². The molecular weight excluding hydrogens is 234 g/mol. The number of nitrogens with zero attached hydrogens (tertiary/aromatic N) is 2. The fourth-order valence-corrected chi connectivity index (χ4v) is 2.63. The first kappa shape index (κ1) is 16.0. The van der Waals surface area contributed by atoms with Crippen LogP contribution in [0.1, 0.15) is 38.8 Å². The maximum Gasteiger partial charge on any atom is 0.0417 e. The topological polar surface area (TPSA) is 32.5 Å². The number of likely N-dealkylation sites (N-methyl/N-ethyl adjacent to an activating group) is 2. The number of nitrogens with two attached hydrogens (primary N) is 1. The Kier molecular flexibility index (Phi) is 6.32. The molecule has 2 atom stereocenters. The number of hydrogen-bond acceptors (Lipinski definition) is 3. The third-order valence-corrected chi connectivity index (χ3v) is 3.59. The molecule has 1 rings (SSSR count). The highest BCUT2D eigenvalue weighted by Gasteiger charge is 2.18. The molecule has 0 aliphatic carbocycles. The Morgan fingerprint density at radius 2 is 1.79 bits per heavy atom. The summed E-state index contributed by atoms with van der Waals surface area (Å²) in [5, 5.41) is 0. The van der Waals surface area contributed by atoms with E-state index in [2.05, 4.69) is 68.9 Å². The van der Waals surface area contributed by atoms with Crippen molar-refractivity contribution < 1.29 is 0 Å². The maximum absolute atomic E-state index is 6.25. The SMILES string of the molecule is CC[C@@H](N)c1ccccc1N(CC)C(C)CN(C)C. The fourth-order valence-electron chi connectivity index (χ4n) is 2.63. The summed E-state index contributed by atoms with van der Waals surface area (Å²) in [4.78, 5) is 4.68. The summed E-state index contributed by atoms with van der Waals surface area (Å²) in [7, 11) is 4.24. The van der Waals surface area contributed by atoms with Crippen LogP contribution in [-0.2, 0) is 0 Å². The van der Waals surface area contributed by atoms with E-state index in [0.29, 0.717) is 6.04 Å². The molecule has 1 unspecified atom stereocenters. The van der Waals surface area contributed by atoms with Crippen LogP contribution >= 0.6 is 0 Å². The number of hydrogen-bond donors (Lipinski definition) is 1. The van der Waals surface area contributed by atoms with Crippen LogP contribution in [-0.4, -0.2) is 38.1 Å². The summed E-state index contributed by atoms with van der Waals surface area (Å²) in [6.07, 6.45) is 0.969. The Balaban J connectivity index is 3.04. The molecule has 0 radical (unpaired) electrons. The van der Waals surface area contributed by atoms with Gasteiger partial charge in [-0.25, -0.2) is 0 Å². The van der Waals surface area contributed by atoms with Crippen molar-refractivity contribution in [3.05, 3.63) is 29.8 Å². The van der Waals surface area contributed by atoms with Crippen LogP contribution in [0, 0.1) is 0 Å². The lowest BCUT2D eigenvalue weighted by molar-refractivity contribution is 0.372. The zero-order valence-corrected chi connectivity index (χ0v) is 13.1. The molecule has 0 aliphatic heterocycles. The Hall–Kier alpha value is -1.06. The van der Waals surface area contributed by atoms with Crippen molar-refractivity contribution in [2.45, 2.75) is 39.3 Å². The highest BCUT2D eigenvalue weighted by Crippen LogP contribution is 2.28. The standard InChI is InChI=1S/C16H29N3/c1-6-15(17)14-10-8-9-11-16(14)19(7-2)13(3)12-18(4)5/h8-11,13,15H,6-7,12,17H2,1-5H3/t13?,15-/m1/s1. The molecule has 108 valence electrons. The van der Waals surface area contributed by atoms with Crippen LogP contribution in [0.4, 0.5) is 5.69 Å². The van der Waals surface area contributed by atoms with E-state index in [9.17, 15) is 0 Å². The highest BCUT2D eigenvalue weighted by molar-refractivity contribution is 5.55. The highest BCUT2D eigenvalue weighted by atomic mass is 15.2. The van der Waals surface area contributed by atoms with Crippen LogP contribution in [0.25, 0.3) is 0 Å². The Bertz CT molecular complexity index is 376. The molecule has 0 bridgehead atoms. The van der Waals surface area contributed by atoms with Crippen LogP contribution < -0.4 is 10.6 Å². The van der Waals surface area contributed by atoms with E-state index in [1.165, 1.54) is 11.3 Å². The lowest BCUT2D eigenvalue weighted by Crippen LogP contribution is -2.40. The monoisotopic (exact) mass is 263 g/mol. The molecule has 1 aromatic carbocycles. The summed E-state index contributed by atoms with van der Waals surface area (Å²) < 4.78 is 0. The van der Waals surface area contributed by atoms with E-state index < -0.39 is 0 Å². The van der Waals surface area contributed by atoms with Crippen LogP contribution in [0.15, 0.2) is 24.3 Å². The van der Waals surface area contributed by atoms with Crippen LogP contribution in [0.2, 0.25) is 0 Å². The van der Waals surface area contributed by atoms with Gasteiger partial charge < -0.3 is 15.5 Å². The molecule has 0 fully saturated rings. The zero-order chi connectivity index (χ0) is 14.4. The fraction of sp³-hybridized carbons (Fsp3) is 0.625. The molecular formula is C16H29N3. The summed E-state index contributed by atoms with van der Waals surface area (Å²) in [6.45, 7) is 8.67. The molecule has 0 saturated heterocycles. The largest absolute Gasteiger partial charge is 0.368 e. The molecule has 0 spiro atoms. The normalized spacial score (nSPS) is 14.5. The predicted octanol–water partition coefficient (Wildman–Crippen LogP) is 2.87. The first-order valence-electron chi connectivity index (χ1n) is 7.27. The van der Waals surface area contributed by atoms with Crippen molar-refractivity contribution in [2.24, 2.45) is 5.73 Å². The van der Waals surface area contributed by atoms with Crippen LogP contribution in [0.5, 0.6) is 0 Å². The second-order valence-corrected chi connectivity index (χ2v) is 5.47. The molecule has 0 saturated carbocycles. The van der Waals surface area contributed by atoms with Gasteiger partial charge in [-0.05, 0) is 46.0 Å². The van der Waals surface area contributed by atoms with Crippen molar-refractivity contribution in [2.75, 3.05) is 32.1 Å². The number of benzene rings is 1. The number of rotatable bonds is 7. The molecule has 0 aliphatic rings. The molecule has 0 aromatic heterocycles. The smallest absolute Gasteiger partial charge is 0.0417 e. The van der Waals surface area contributed by atoms with Gasteiger partial charge in [0.25, 0.3) is 0 Å². The molecule has 2 N–H and O–H groups in total. The molecule has 19 heavy (non-hydrogen) atoms. The summed E-state index contributed by atoms with van der Waals surface area (Å²) in [5.41, 5.74) is 8.80. The number of anilines is 1. The van der Waals surface area contributed by atoms with Gasteiger partial charge in [-0.15, -0.1) is 0 Å². The number of para-hydroxylation sites is 1. The van der Waals surface area contributed by atoms with E-state index in [0.717, 1.165) is 19.5 Å². The lowest BCUT2D eigenvalue weighted by Gasteiger charge is -2.34. The molecule has 3 nitrogen and oxygen atoms in total. The quantitative estimate of drug-likeness (QED) is 0.821. The van der Waals surface area contributed by atoms with Gasteiger partial charge in [0.15, 0.2) is 0 Å². The summed E-state index contributed by atoms with van der Waals surface area (Å²) in [5.74, 6) is 0. The molecule has 3 heteroatoms. The second-order valence-electron chi connectivity index (χ2n) is 5.47. The third kappa shape index (κ3) is 4.22. The first-order chi connectivity index (χ1) is 9.01. The Morgan fingerprint density at radius 3 is 2.32 bits per heavy atom. The van der Waals surface area contributed by atoms with E-state index in [1.807, 2.05) is 0 Å². The van der Waals surface area contributed by atoms with Gasteiger partial charge >= 0.3 is 0 Å². The predicted molar refractivity (Wildman–Crippen MR) is 84.7 cm³/mol. The summed E-state index contributed by atoms with van der Waals surface area (Å²) in [6, 6.07) is 9.14. The minimum Gasteiger partial charge on any atom is -0.368 e. The van der Waals surface area contributed by atoms with E-state index in [4.69, 9.17) is 5.73 Å². The van der Waals surface area contributed by atoms with Crippen molar-refractivity contribution in [3.63, 3.8) is 0 Å². The lowest BCUT2D eigenvalue weighted by atomic mass is 10.0. The van der Waals surface area contributed by atoms with Crippen molar-refractivity contribution in [1.82, 2.24) is 4.90 Å². The van der Waals surface area contributed by atoms with Crippen molar-refractivity contribution in [1.29, 1.82) is 0 Å². The van der Waals surface area contributed by atoms with E-state index in [-0.39, 0.29) is 6.04 Å². The van der Waals surface area contributed by atoms with Gasteiger partial charge in [0.05, 0.1) is 0 Å². The average molecular weight is 263 g/mol. The second kappa shape index (κ2) is 7.51. The van der Waals surface area contributed by atoms with Gasteiger partial charge in [0, 0.05) is 30.9 Å². The third-order valence-electron chi connectivity index (χ3n) is 3.59. The Labute approximate surface area is 118 Å². The van der Waals surface area contributed by atoms with Gasteiger partial charge in [-0.2, -0.15) is 0 Å². The van der Waals surface area contributed by atoms with Crippen molar-refractivity contribution in [3.8, 4) is 0 Å². The van der Waals surface area contributed by atoms with Gasteiger partial charge in [0.1, 0.15) is 0 Å². The minimum absolute atomic E-state index is 0.122. The van der Waals surface area contributed by atoms with E-state index >= 15 is 0 Å².